The van der Waals surface area contributed by atoms with Crippen LogP contribution in [0.1, 0.15) is 61.4 Å². The Morgan fingerprint density at radius 3 is 2.74 bits per heavy atom. The quantitative estimate of drug-likeness (QED) is 0.290. The molecule has 12 heteroatoms. The molecule has 228 valence electrons. The lowest BCUT2D eigenvalue weighted by Crippen LogP contribution is -2.45. The molecule has 3 N–H and O–H groups in total. The van der Waals surface area contributed by atoms with E-state index in [0.717, 1.165) is 31.5 Å². The number of amides is 2. The van der Waals surface area contributed by atoms with Gasteiger partial charge in [0.15, 0.2) is 5.82 Å². The van der Waals surface area contributed by atoms with E-state index in [9.17, 15) is 19.1 Å². The number of aliphatic hydroxyl groups is 1. The minimum absolute atomic E-state index is 0.0464. The van der Waals surface area contributed by atoms with E-state index in [2.05, 4.69) is 25.6 Å². The highest BCUT2D eigenvalue weighted by atomic mass is 35.5. The molecule has 0 aliphatic carbocycles. The van der Waals surface area contributed by atoms with Crippen LogP contribution >= 0.6 is 11.6 Å². The zero-order valence-electron chi connectivity index (χ0n) is 24.4. The van der Waals surface area contributed by atoms with Crippen LogP contribution in [-0.2, 0) is 4.79 Å². The number of aliphatic hydroxyl groups excluding tert-OH is 1. The zero-order valence-corrected chi connectivity index (χ0v) is 25.1. The number of rotatable bonds is 10. The number of pyridine rings is 1. The van der Waals surface area contributed by atoms with E-state index < -0.39 is 11.9 Å². The fourth-order valence-electron chi connectivity index (χ4n) is 5.64. The number of carbonyl (C=O) groups excluding carboxylic acids is 2. The van der Waals surface area contributed by atoms with Crippen molar-refractivity contribution in [2.24, 2.45) is 0 Å². The maximum atomic E-state index is 14.6. The van der Waals surface area contributed by atoms with Gasteiger partial charge in [-0.1, -0.05) is 25.4 Å². The van der Waals surface area contributed by atoms with Gasteiger partial charge in [0, 0.05) is 61.9 Å². The molecule has 2 fully saturated rings. The molecule has 2 atom stereocenters. The van der Waals surface area contributed by atoms with Crippen molar-refractivity contribution >= 4 is 34.9 Å². The first-order valence-corrected chi connectivity index (χ1v) is 15.1. The minimum atomic E-state index is -0.524. The summed E-state index contributed by atoms with van der Waals surface area (Å²) in [5.41, 5.74) is 1.78. The van der Waals surface area contributed by atoms with Crippen LogP contribution in [0.25, 0.3) is 11.4 Å². The van der Waals surface area contributed by atoms with Gasteiger partial charge in [-0.3, -0.25) is 19.5 Å². The SMILES string of the molecule is CC(C)c1cnc(-c2cc(Cl)ccc2F)nc1Nc1ccncc1C(=O)NCCCN1CC(O)CC1C(=O)N1CCCC1. The fourth-order valence-corrected chi connectivity index (χ4v) is 5.81. The van der Waals surface area contributed by atoms with E-state index in [1.54, 1.807) is 18.5 Å². The number of carbonyl (C=O) groups is 2. The van der Waals surface area contributed by atoms with Crippen LogP contribution in [0, 0.1) is 5.82 Å². The van der Waals surface area contributed by atoms with Crippen molar-refractivity contribution in [2.45, 2.75) is 57.6 Å². The van der Waals surface area contributed by atoms with Crippen molar-refractivity contribution in [3.63, 3.8) is 0 Å². The average Bonchev–Trinajstić information content (AvgIpc) is 3.66. The van der Waals surface area contributed by atoms with E-state index >= 15 is 0 Å². The Morgan fingerprint density at radius 1 is 1.19 bits per heavy atom. The Morgan fingerprint density at radius 2 is 1.98 bits per heavy atom. The summed E-state index contributed by atoms with van der Waals surface area (Å²) in [6.45, 7) is 6.97. The molecule has 2 aliphatic rings. The highest BCUT2D eigenvalue weighted by molar-refractivity contribution is 6.30. The largest absolute Gasteiger partial charge is 0.392 e. The number of likely N-dealkylation sites (tertiary alicyclic amines) is 2. The third-order valence-corrected chi connectivity index (χ3v) is 8.15. The molecule has 2 unspecified atom stereocenters. The highest BCUT2D eigenvalue weighted by Crippen LogP contribution is 2.30. The van der Waals surface area contributed by atoms with E-state index in [4.69, 9.17) is 11.6 Å². The number of hydrogen-bond acceptors (Lipinski definition) is 8. The molecule has 1 aromatic carbocycles. The minimum Gasteiger partial charge on any atom is -0.392 e. The summed E-state index contributed by atoms with van der Waals surface area (Å²) in [5.74, 6) is -0.0581. The molecule has 10 nitrogen and oxygen atoms in total. The van der Waals surface area contributed by atoms with Crippen LogP contribution in [-0.4, -0.2) is 86.5 Å². The summed E-state index contributed by atoms with van der Waals surface area (Å²) < 4.78 is 14.6. The van der Waals surface area contributed by atoms with Crippen LogP contribution < -0.4 is 10.6 Å². The maximum Gasteiger partial charge on any atom is 0.254 e. The molecular weight excluding hydrogens is 573 g/mol. The van der Waals surface area contributed by atoms with Gasteiger partial charge >= 0.3 is 0 Å². The third kappa shape index (κ3) is 7.29. The molecule has 4 heterocycles. The molecule has 3 aromatic rings. The van der Waals surface area contributed by atoms with Crippen LogP contribution in [0.5, 0.6) is 0 Å². The van der Waals surface area contributed by atoms with Crippen molar-refractivity contribution in [1.29, 1.82) is 0 Å². The number of hydrogen-bond donors (Lipinski definition) is 3. The van der Waals surface area contributed by atoms with Gasteiger partial charge in [-0.25, -0.2) is 14.4 Å². The lowest BCUT2D eigenvalue weighted by atomic mass is 10.1. The summed E-state index contributed by atoms with van der Waals surface area (Å²) >= 11 is 6.10. The van der Waals surface area contributed by atoms with Crippen LogP contribution in [0.3, 0.4) is 0 Å². The third-order valence-electron chi connectivity index (χ3n) is 7.92. The monoisotopic (exact) mass is 609 g/mol. The van der Waals surface area contributed by atoms with Crippen molar-refractivity contribution < 1.29 is 19.1 Å². The van der Waals surface area contributed by atoms with Gasteiger partial charge in [-0.2, -0.15) is 0 Å². The Kier molecular flexibility index (Phi) is 9.84. The van der Waals surface area contributed by atoms with E-state index in [0.29, 0.717) is 54.6 Å². The predicted molar refractivity (Wildman–Crippen MR) is 163 cm³/mol. The second kappa shape index (κ2) is 13.7. The lowest BCUT2D eigenvalue weighted by molar-refractivity contribution is -0.134. The molecular formula is C31H37ClFN7O3. The number of anilines is 2. The number of nitrogens with zero attached hydrogens (tertiary/aromatic N) is 5. The summed E-state index contributed by atoms with van der Waals surface area (Å²) in [6, 6.07) is 5.58. The molecule has 2 aromatic heterocycles. The molecule has 2 amide bonds. The standard InChI is InChI=1S/C31H37ClFN7O3/c1-19(2)23-17-36-28(22-14-20(32)6-7-25(22)33)38-29(23)37-26-8-10-34-16-24(26)30(42)35-9-5-13-40-18-21(41)15-27(40)31(43)39-11-3-4-12-39/h6-8,10,14,16-17,19,21,27,41H,3-5,9,11-13,15,18H2,1-2H3,(H,35,42)(H,34,36,37,38). The number of halogens is 2. The van der Waals surface area contributed by atoms with Crippen molar-refractivity contribution in [1.82, 2.24) is 30.1 Å². The van der Waals surface area contributed by atoms with Gasteiger partial charge < -0.3 is 20.6 Å². The zero-order chi connectivity index (χ0) is 30.5. The van der Waals surface area contributed by atoms with Crippen LogP contribution in [0.4, 0.5) is 15.9 Å². The van der Waals surface area contributed by atoms with Crippen molar-refractivity contribution in [3.8, 4) is 11.4 Å². The maximum absolute atomic E-state index is 14.6. The number of benzene rings is 1. The molecule has 2 aliphatic heterocycles. The molecule has 0 saturated carbocycles. The summed E-state index contributed by atoms with van der Waals surface area (Å²) in [5, 5.41) is 16.8. The van der Waals surface area contributed by atoms with E-state index in [-0.39, 0.29) is 35.2 Å². The summed E-state index contributed by atoms with van der Waals surface area (Å²) in [6.07, 6.45) is 7.28. The Balaban J connectivity index is 1.25. The van der Waals surface area contributed by atoms with Crippen LogP contribution in [0.15, 0.2) is 42.9 Å². The second-order valence-electron chi connectivity index (χ2n) is 11.4. The first kappa shape index (κ1) is 30.8. The Labute approximate surface area is 255 Å². The Hall–Kier alpha value is -3.67. The van der Waals surface area contributed by atoms with Gasteiger partial charge in [-0.15, -0.1) is 0 Å². The van der Waals surface area contributed by atoms with Gasteiger partial charge in [0.25, 0.3) is 5.91 Å². The molecule has 43 heavy (non-hydrogen) atoms. The van der Waals surface area contributed by atoms with E-state index in [1.807, 2.05) is 23.6 Å². The van der Waals surface area contributed by atoms with Gasteiger partial charge in [0.1, 0.15) is 11.6 Å². The molecule has 2 saturated heterocycles. The molecule has 0 bridgehead atoms. The van der Waals surface area contributed by atoms with Crippen molar-refractivity contribution in [3.05, 3.63) is 64.8 Å². The highest BCUT2D eigenvalue weighted by Gasteiger charge is 2.38. The Bertz CT molecular complexity index is 1470. The molecule has 0 radical (unpaired) electrons. The number of β-amino-alcohol motifs (C(OH)–C–C–N with tert-alkyl or cyclic N) is 1. The summed E-state index contributed by atoms with van der Waals surface area (Å²) in [7, 11) is 0. The topological polar surface area (TPSA) is 124 Å². The van der Waals surface area contributed by atoms with Crippen molar-refractivity contribution in [2.75, 3.05) is 38.0 Å². The van der Waals surface area contributed by atoms with E-state index in [1.165, 1.54) is 24.4 Å². The van der Waals surface area contributed by atoms with Crippen LogP contribution in [0.2, 0.25) is 5.02 Å². The normalized spacial score (nSPS) is 18.8. The molecule has 5 rings (SSSR count). The smallest absolute Gasteiger partial charge is 0.254 e. The van der Waals surface area contributed by atoms with Gasteiger partial charge in [0.05, 0.1) is 29.0 Å². The van der Waals surface area contributed by atoms with Gasteiger partial charge in [0.2, 0.25) is 5.91 Å². The number of aromatic nitrogens is 3. The average molecular weight is 610 g/mol. The fraction of sp³-hybridized carbons (Fsp3) is 0.452. The molecule has 0 spiro atoms. The number of nitrogens with one attached hydrogen (secondary N) is 2. The first-order valence-electron chi connectivity index (χ1n) is 14.7. The summed E-state index contributed by atoms with van der Waals surface area (Å²) in [4.78, 5) is 43.3. The second-order valence-corrected chi connectivity index (χ2v) is 11.8. The lowest BCUT2D eigenvalue weighted by Gasteiger charge is -2.27. The van der Waals surface area contributed by atoms with Gasteiger partial charge in [-0.05, 0) is 55.9 Å². The predicted octanol–water partition coefficient (Wildman–Crippen LogP) is 4.38. The first-order chi connectivity index (χ1) is 20.7.